The Bertz CT molecular complexity index is 656. The van der Waals surface area contributed by atoms with Gasteiger partial charge in [0.25, 0.3) is 0 Å². The number of carbonyl (C=O) groups excluding carboxylic acids is 1. The van der Waals surface area contributed by atoms with Crippen molar-refractivity contribution in [1.29, 1.82) is 0 Å². The van der Waals surface area contributed by atoms with E-state index in [1.807, 2.05) is 60.7 Å². The lowest BCUT2D eigenvalue weighted by Crippen LogP contribution is -2.24. The molecule has 4 heteroatoms. The maximum absolute atomic E-state index is 13.1. The van der Waals surface area contributed by atoms with E-state index >= 15 is 0 Å². The van der Waals surface area contributed by atoms with Crippen molar-refractivity contribution < 1.29 is 9.32 Å². The van der Waals surface area contributed by atoms with Gasteiger partial charge >= 0.3 is 0 Å². The first-order valence-corrected chi connectivity index (χ1v) is 10.8. The van der Waals surface area contributed by atoms with Crippen molar-refractivity contribution in [1.82, 2.24) is 0 Å². The molecule has 2 atom stereocenters. The predicted octanol–water partition coefficient (Wildman–Crippen LogP) is 5.58. The van der Waals surface area contributed by atoms with Crippen LogP contribution in [0.1, 0.15) is 38.5 Å². The van der Waals surface area contributed by atoms with E-state index in [1.54, 1.807) is 0 Å². The summed E-state index contributed by atoms with van der Waals surface area (Å²) >= 11 is 4.68. The first-order chi connectivity index (χ1) is 12.2. The van der Waals surface area contributed by atoms with Crippen LogP contribution in [0.25, 0.3) is 0 Å². The highest BCUT2D eigenvalue weighted by Gasteiger charge is 2.31. The summed E-state index contributed by atoms with van der Waals surface area (Å²) in [7, 11) is -1.37. The first-order valence-electron chi connectivity index (χ1n) is 9.04. The standard InChI is InChI=1S/C21H25O2PS/c22-21(20(25)16-17-10-4-1-5-11-17)24(19-14-8-3-9-15-19)23-18-12-6-2-7-13-18/h2-3,6-9,12-15,17,20,25H,1,4-5,10-11,16H2. The van der Waals surface area contributed by atoms with Crippen molar-refractivity contribution >= 4 is 31.6 Å². The van der Waals surface area contributed by atoms with Gasteiger partial charge in [0.2, 0.25) is 5.52 Å². The van der Waals surface area contributed by atoms with E-state index in [0.717, 1.165) is 17.5 Å². The monoisotopic (exact) mass is 372 g/mol. The van der Waals surface area contributed by atoms with Gasteiger partial charge in [-0.05, 0) is 24.5 Å². The third-order valence-corrected chi connectivity index (χ3v) is 7.22. The zero-order valence-electron chi connectivity index (χ0n) is 14.4. The van der Waals surface area contributed by atoms with Gasteiger partial charge in [-0.1, -0.05) is 80.6 Å². The molecular formula is C21H25O2PS. The summed E-state index contributed by atoms with van der Waals surface area (Å²) in [6.45, 7) is 0. The Hall–Kier alpha value is -1.31. The molecule has 0 bridgehead atoms. The highest BCUT2D eigenvalue weighted by Crippen LogP contribution is 2.42. The Kier molecular flexibility index (Phi) is 6.95. The van der Waals surface area contributed by atoms with Crippen molar-refractivity contribution in [3.63, 3.8) is 0 Å². The molecule has 0 aliphatic heterocycles. The summed E-state index contributed by atoms with van der Waals surface area (Å²) in [6, 6.07) is 19.5. The van der Waals surface area contributed by atoms with Crippen LogP contribution in [0.4, 0.5) is 0 Å². The fourth-order valence-corrected chi connectivity index (χ4v) is 5.56. The molecule has 132 valence electrons. The Morgan fingerprint density at radius 3 is 2.24 bits per heavy atom. The molecule has 3 rings (SSSR count). The second-order valence-electron chi connectivity index (χ2n) is 6.63. The van der Waals surface area contributed by atoms with E-state index in [1.165, 1.54) is 32.1 Å². The van der Waals surface area contributed by atoms with Crippen molar-refractivity contribution in [3.8, 4) is 5.75 Å². The van der Waals surface area contributed by atoms with E-state index < -0.39 is 8.15 Å². The molecule has 1 aliphatic carbocycles. The quantitative estimate of drug-likeness (QED) is 0.507. The van der Waals surface area contributed by atoms with E-state index in [-0.39, 0.29) is 10.8 Å². The maximum Gasteiger partial charge on any atom is 0.211 e. The zero-order valence-corrected chi connectivity index (χ0v) is 16.2. The molecule has 0 amide bonds. The smallest absolute Gasteiger partial charge is 0.211 e. The number of rotatable bonds is 7. The van der Waals surface area contributed by atoms with Gasteiger partial charge < -0.3 is 4.52 Å². The second kappa shape index (κ2) is 9.40. The SMILES string of the molecule is O=C(C(S)CC1CCCCC1)P(Oc1ccccc1)c1ccccc1. The van der Waals surface area contributed by atoms with Crippen molar-refractivity contribution in [2.24, 2.45) is 5.92 Å². The van der Waals surface area contributed by atoms with Gasteiger partial charge in [-0.25, -0.2) is 0 Å². The lowest BCUT2D eigenvalue weighted by molar-refractivity contribution is -0.111. The molecule has 2 aromatic carbocycles. The Labute approximate surface area is 157 Å². The van der Waals surface area contributed by atoms with Crippen LogP contribution >= 0.6 is 20.8 Å². The van der Waals surface area contributed by atoms with Gasteiger partial charge in [-0.15, -0.1) is 0 Å². The molecular weight excluding hydrogens is 347 g/mol. The molecule has 1 aliphatic rings. The third kappa shape index (κ3) is 5.33. The fourth-order valence-electron chi connectivity index (χ4n) is 3.35. The van der Waals surface area contributed by atoms with Gasteiger partial charge in [-0.3, -0.25) is 4.79 Å². The summed E-state index contributed by atoms with van der Waals surface area (Å²) in [5.74, 6) is 1.37. The molecule has 1 fully saturated rings. The van der Waals surface area contributed by atoms with Gasteiger partial charge in [-0.2, -0.15) is 12.6 Å². The van der Waals surface area contributed by atoms with E-state index in [0.29, 0.717) is 5.92 Å². The van der Waals surface area contributed by atoms with Crippen LogP contribution in [0.5, 0.6) is 5.75 Å². The molecule has 2 aromatic rings. The van der Waals surface area contributed by atoms with Crippen LogP contribution in [0.15, 0.2) is 60.7 Å². The van der Waals surface area contributed by atoms with Gasteiger partial charge in [0.05, 0.1) is 5.25 Å². The van der Waals surface area contributed by atoms with Crippen LogP contribution in [-0.4, -0.2) is 10.8 Å². The van der Waals surface area contributed by atoms with Crippen LogP contribution in [0, 0.1) is 5.92 Å². The van der Waals surface area contributed by atoms with E-state index in [4.69, 9.17) is 4.52 Å². The number of thiol groups is 1. The Balaban J connectivity index is 1.74. The Morgan fingerprint density at radius 2 is 1.60 bits per heavy atom. The molecule has 0 aromatic heterocycles. The average Bonchev–Trinajstić information content (AvgIpc) is 2.68. The summed E-state index contributed by atoms with van der Waals surface area (Å²) in [6.07, 6.45) is 7.22. The van der Waals surface area contributed by atoms with Crippen molar-refractivity contribution in [3.05, 3.63) is 60.7 Å². The number of hydrogen-bond donors (Lipinski definition) is 1. The van der Waals surface area contributed by atoms with Crippen molar-refractivity contribution in [2.75, 3.05) is 0 Å². The molecule has 2 unspecified atom stereocenters. The van der Waals surface area contributed by atoms with Crippen molar-refractivity contribution in [2.45, 2.75) is 43.8 Å². The molecule has 25 heavy (non-hydrogen) atoms. The Morgan fingerprint density at radius 1 is 1.00 bits per heavy atom. The van der Waals surface area contributed by atoms with E-state index in [2.05, 4.69) is 12.6 Å². The molecule has 0 heterocycles. The number of para-hydroxylation sites is 1. The largest absolute Gasteiger partial charge is 0.461 e. The minimum atomic E-state index is -1.37. The van der Waals surface area contributed by atoms with Gasteiger partial charge in [0.15, 0.2) is 8.15 Å². The highest BCUT2D eigenvalue weighted by atomic mass is 32.1. The normalized spacial score (nSPS) is 17.6. The predicted molar refractivity (Wildman–Crippen MR) is 109 cm³/mol. The lowest BCUT2D eigenvalue weighted by atomic mass is 9.86. The minimum absolute atomic E-state index is 0.124. The molecule has 0 radical (unpaired) electrons. The van der Waals surface area contributed by atoms with Crippen LogP contribution in [0.2, 0.25) is 0 Å². The summed E-state index contributed by atoms with van der Waals surface area (Å²) in [4.78, 5) is 13.1. The molecule has 1 saturated carbocycles. The summed E-state index contributed by atoms with van der Waals surface area (Å²) in [5.41, 5.74) is 0.124. The average molecular weight is 372 g/mol. The molecule has 0 spiro atoms. The highest BCUT2D eigenvalue weighted by molar-refractivity contribution is 7.87. The molecule has 2 nitrogen and oxygen atoms in total. The van der Waals surface area contributed by atoms with Crippen LogP contribution in [-0.2, 0) is 4.79 Å². The number of hydrogen-bond acceptors (Lipinski definition) is 3. The topological polar surface area (TPSA) is 26.3 Å². The zero-order chi connectivity index (χ0) is 17.5. The van der Waals surface area contributed by atoms with Gasteiger partial charge in [0, 0.05) is 5.30 Å². The molecule has 0 saturated heterocycles. The lowest BCUT2D eigenvalue weighted by Gasteiger charge is -2.26. The minimum Gasteiger partial charge on any atom is -0.461 e. The van der Waals surface area contributed by atoms with E-state index in [9.17, 15) is 4.79 Å². The first kappa shape index (κ1) is 18.5. The third-order valence-electron chi connectivity index (χ3n) is 4.70. The second-order valence-corrected chi connectivity index (χ2v) is 8.98. The maximum atomic E-state index is 13.1. The number of benzene rings is 2. The summed E-state index contributed by atoms with van der Waals surface area (Å²) in [5, 5.41) is 0.701. The fraction of sp³-hybridized carbons (Fsp3) is 0.381. The van der Waals surface area contributed by atoms with Crippen LogP contribution < -0.4 is 9.83 Å². The van der Waals surface area contributed by atoms with Gasteiger partial charge in [0.1, 0.15) is 5.75 Å². The summed E-state index contributed by atoms with van der Waals surface area (Å²) < 4.78 is 6.14. The molecule has 0 N–H and O–H groups in total. The number of carbonyl (C=O) groups is 1. The van der Waals surface area contributed by atoms with Crippen LogP contribution in [0.3, 0.4) is 0 Å².